The molecule has 3 N–H and O–H groups in total. The van der Waals surface area contributed by atoms with Crippen LogP contribution in [0.25, 0.3) is 11.1 Å². The van der Waals surface area contributed by atoms with Gasteiger partial charge in [0, 0.05) is 18.5 Å². The third-order valence-corrected chi connectivity index (χ3v) is 8.09. The lowest BCUT2D eigenvalue weighted by molar-refractivity contribution is -0.252. The van der Waals surface area contributed by atoms with E-state index in [0.717, 1.165) is 33.4 Å². The van der Waals surface area contributed by atoms with Crippen molar-refractivity contribution in [3.8, 4) is 11.1 Å². The first-order valence-electron chi connectivity index (χ1n) is 14.6. The van der Waals surface area contributed by atoms with Crippen molar-refractivity contribution in [2.75, 3.05) is 13.2 Å². The maximum Gasteiger partial charge on any atom is 0.325 e. The van der Waals surface area contributed by atoms with Gasteiger partial charge in [0.1, 0.15) is 11.7 Å². The number of aliphatic hydroxyl groups excluding tert-OH is 1. The van der Waals surface area contributed by atoms with E-state index in [4.69, 9.17) is 37.4 Å². The lowest BCUT2D eigenvalue weighted by atomic mass is 9.98. The van der Waals surface area contributed by atoms with Crippen LogP contribution in [-0.4, -0.2) is 45.9 Å². The average Bonchev–Trinajstić information content (AvgIpc) is 3.38. The second-order valence-electron chi connectivity index (χ2n) is 10.5. The van der Waals surface area contributed by atoms with Crippen LogP contribution in [0, 0.1) is 0 Å². The molecule has 0 radical (unpaired) electrons. The number of urea groups is 1. The fourth-order valence-corrected chi connectivity index (χ4v) is 5.37. The number of benzene rings is 3. The smallest absolute Gasteiger partial charge is 0.325 e. The van der Waals surface area contributed by atoms with E-state index in [-0.39, 0.29) is 43.7 Å². The molecule has 12 heteroatoms. The van der Waals surface area contributed by atoms with Gasteiger partial charge in [-0.3, -0.25) is 4.79 Å². The van der Waals surface area contributed by atoms with E-state index < -0.39 is 18.3 Å². The number of amides is 2. The van der Waals surface area contributed by atoms with Crippen LogP contribution in [-0.2, 0) is 38.7 Å². The van der Waals surface area contributed by atoms with E-state index >= 15 is 0 Å². The molecule has 0 spiro atoms. The summed E-state index contributed by atoms with van der Waals surface area (Å²) in [4.78, 5) is 27.7. The summed E-state index contributed by atoms with van der Waals surface area (Å²) in [5.41, 5.74) is 5.42. The van der Waals surface area contributed by atoms with Gasteiger partial charge in [-0.2, -0.15) is 0 Å². The van der Waals surface area contributed by atoms with Crippen LogP contribution in [0.1, 0.15) is 48.0 Å². The van der Waals surface area contributed by atoms with Crippen LogP contribution in [0.5, 0.6) is 0 Å². The number of nitrogens with one attached hydrogen (secondary N) is 2. The molecule has 5 rings (SSSR count). The number of aromatic nitrogens is 2. The number of halogens is 2. The third-order valence-electron chi connectivity index (χ3n) is 7.32. The van der Waals surface area contributed by atoms with Gasteiger partial charge < -0.3 is 34.5 Å². The highest BCUT2D eigenvalue weighted by Gasteiger charge is 2.33. The zero-order valence-electron chi connectivity index (χ0n) is 24.6. The second-order valence-corrected chi connectivity index (χ2v) is 11.2. The van der Waals surface area contributed by atoms with E-state index in [1.807, 2.05) is 72.8 Å². The van der Waals surface area contributed by atoms with E-state index in [9.17, 15) is 14.7 Å². The van der Waals surface area contributed by atoms with Crippen molar-refractivity contribution in [2.24, 2.45) is 0 Å². The number of hydrogen-bond acceptors (Lipinski definition) is 7. The monoisotopic (exact) mass is 652 g/mol. The minimum absolute atomic E-state index is 0.0349. The fraction of sp³-hybridized carbons (Fsp3) is 0.303. The van der Waals surface area contributed by atoms with Gasteiger partial charge in [-0.05, 0) is 46.9 Å². The minimum Gasteiger partial charge on any atom is -0.465 e. The molecule has 4 aromatic rings. The van der Waals surface area contributed by atoms with Gasteiger partial charge >= 0.3 is 12.0 Å². The fourth-order valence-electron chi connectivity index (χ4n) is 5.06. The predicted molar refractivity (Wildman–Crippen MR) is 169 cm³/mol. The van der Waals surface area contributed by atoms with Gasteiger partial charge in [-0.1, -0.05) is 83.9 Å². The van der Waals surface area contributed by atoms with Crippen LogP contribution in [0.3, 0.4) is 0 Å². The molecule has 1 aromatic heterocycles. The van der Waals surface area contributed by atoms with Crippen molar-refractivity contribution in [3.05, 3.63) is 112 Å². The lowest BCUT2D eigenvalue weighted by Crippen LogP contribution is -2.38. The number of ether oxygens (including phenoxy) is 3. The van der Waals surface area contributed by atoms with Crippen molar-refractivity contribution in [1.29, 1.82) is 0 Å². The number of esters is 1. The van der Waals surface area contributed by atoms with Crippen LogP contribution < -0.4 is 10.6 Å². The molecule has 1 fully saturated rings. The van der Waals surface area contributed by atoms with Crippen LogP contribution in [0.15, 0.2) is 79.1 Å². The highest BCUT2D eigenvalue weighted by Crippen LogP contribution is 2.39. The average molecular weight is 654 g/mol. The Morgan fingerprint density at radius 3 is 2.44 bits per heavy atom. The summed E-state index contributed by atoms with van der Waals surface area (Å²) in [6, 6.07) is 23.0. The first-order valence-corrected chi connectivity index (χ1v) is 15.3. The molecule has 2 heterocycles. The first-order chi connectivity index (χ1) is 21.8. The van der Waals surface area contributed by atoms with Gasteiger partial charge in [-0.15, -0.1) is 0 Å². The number of imidazole rings is 1. The molecule has 1 saturated heterocycles. The Balaban J connectivity index is 1.32. The number of nitrogens with zero attached hydrogens (tertiary/aromatic N) is 2. The number of carbonyl (C=O) groups excluding carboxylic acids is 2. The summed E-state index contributed by atoms with van der Waals surface area (Å²) >= 11 is 12.5. The molecule has 45 heavy (non-hydrogen) atoms. The summed E-state index contributed by atoms with van der Waals surface area (Å²) in [5.74, 6) is -0.493. The van der Waals surface area contributed by atoms with Crippen LogP contribution in [0.2, 0.25) is 10.3 Å². The highest BCUT2D eigenvalue weighted by molar-refractivity contribution is 6.40. The highest BCUT2D eigenvalue weighted by atomic mass is 35.5. The van der Waals surface area contributed by atoms with E-state index in [1.165, 1.54) is 0 Å². The van der Waals surface area contributed by atoms with Gasteiger partial charge in [0.2, 0.25) is 0 Å². The number of rotatable bonds is 11. The lowest BCUT2D eigenvalue weighted by Gasteiger charge is -2.36. The molecule has 0 saturated carbocycles. The standard InChI is InChI=1S/C33H34Cl2N4O6/c1-2-43-29(41)17-37-33(42)36-16-22-5-3-6-24(13-22)25-7-4-8-26(14-25)32-44-27(18-39-20-38-30(34)31(39)35)15-28(45-32)23-11-9-21(19-40)10-12-23/h3-14,20,27-28,32,40H,2,15-19H2,1H3,(H2,36,37,42)/t27-,28+,32+/m0/s1. The molecular weight excluding hydrogens is 619 g/mol. The molecule has 0 unspecified atom stereocenters. The Hall–Kier alpha value is -3.93. The van der Waals surface area contributed by atoms with Crippen molar-refractivity contribution in [2.45, 2.75) is 51.5 Å². The molecule has 0 bridgehead atoms. The van der Waals surface area contributed by atoms with E-state index in [0.29, 0.717) is 18.1 Å². The molecule has 1 aliphatic rings. The van der Waals surface area contributed by atoms with Gasteiger partial charge in [0.25, 0.3) is 0 Å². The summed E-state index contributed by atoms with van der Waals surface area (Å²) in [5, 5.41) is 15.3. The quantitative estimate of drug-likeness (QED) is 0.171. The summed E-state index contributed by atoms with van der Waals surface area (Å²) < 4.78 is 19.6. The van der Waals surface area contributed by atoms with Gasteiger partial charge in [0.05, 0.1) is 38.3 Å². The molecule has 3 aromatic carbocycles. The largest absolute Gasteiger partial charge is 0.465 e. The minimum atomic E-state index is -0.670. The Morgan fingerprint density at radius 2 is 1.73 bits per heavy atom. The molecular formula is C33H34Cl2N4O6. The molecule has 3 atom stereocenters. The van der Waals surface area contributed by atoms with Crippen molar-refractivity contribution >= 4 is 35.2 Å². The zero-order chi connectivity index (χ0) is 31.8. The Kier molecular flexibility index (Phi) is 11.1. The van der Waals surface area contributed by atoms with Gasteiger partial charge in [0.15, 0.2) is 11.4 Å². The van der Waals surface area contributed by atoms with E-state index in [1.54, 1.807) is 17.8 Å². The second kappa shape index (κ2) is 15.4. The molecule has 2 amide bonds. The van der Waals surface area contributed by atoms with Crippen LogP contribution in [0.4, 0.5) is 4.79 Å². The number of carbonyl (C=O) groups is 2. The van der Waals surface area contributed by atoms with Gasteiger partial charge in [-0.25, -0.2) is 9.78 Å². The normalized spacial score (nSPS) is 17.9. The summed E-state index contributed by atoms with van der Waals surface area (Å²) in [6.07, 6.45) is 0.963. The topological polar surface area (TPSA) is 124 Å². The SMILES string of the molecule is CCOC(=O)CNC(=O)NCc1cccc(-c2cccc([C@@H]3O[C@H](Cn4cnc(Cl)c4Cl)C[C@H](c4ccc(CO)cc4)O3)c2)c1. The van der Waals surface area contributed by atoms with Crippen molar-refractivity contribution < 1.29 is 28.9 Å². The summed E-state index contributed by atoms with van der Waals surface area (Å²) in [6.45, 7) is 2.44. The van der Waals surface area contributed by atoms with E-state index in [2.05, 4.69) is 15.6 Å². The summed E-state index contributed by atoms with van der Waals surface area (Å²) in [7, 11) is 0. The molecule has 0 aliphatic carbocycles. The van der Waals surface area contributed by atoms with Crippen molar-refractivity contribution in [1.82, 2.24) is 20.2 Å². The Labute approximate surface area is 271 Å². The van der Waals surface area contributed by atoms with Crippen molar-refractivity contribution in [3.63, 3.8) is 0 Å². The molecule has 1 aliphatic heterocycles. The maximum absolute atomic E-state index is 12.1. The molecule has 10 nitrogen and oxygen atoms in total. The number of aliphatic hydroxyl groups is 1. The van der Waals surface area contributed by atoms with Crippen LogP contribution >= 0.6 is 23.2 Å². The molecule has 236 valence electrons. The predicted octanol–water partition coefficient (Wildman–Crippen LogP) is 5.96. The third kappa shape index (κ3) is 8.62. The first kappa shape index (κ1) is 32.5. The Morgan fingerprint density at radius 1 is 0.978 bits per heavy atom. The maximum atomic E-state index is 12.1. The zero-order valence-corrected chi connectivity index (χ0v) is 26.1. The Bertz CT molecular complexity index is 1610. The number of hydrogen-bond donors (Lipinski definition) is 3.